The van der Waals surface area contributed by atoms with Crippen molar-refractivity contribution in [3.8, 4) is 0 Å². The Morgan fingerprint density at radius 3 is 2.63 bits per heavy atom. The van der Waals surface area contributed by atoms with Crippen LogP contribution in [-0.2, 0) is 12.8 Å². The molecule has 0 aromatic carbocycles. The molecule has 146 valence electrons. The minimum atomic E-state index is -1.34. The lowest BCUT2D eigenvalue weighted by Crippen LogP contribution is -2.24. The lowest BCUT2D eigenvalue weighted by molar-refractivity contribution is 0.0689. The summed E-state index contributed by atoms with van der Waals surface area (Å²) in [6, 6.07) is 0.795. The van der Waals surface area contributed by atoms with Gasteiger partial charge in [0.05, 0.1) is 0 Å². The van der Waals surface area contributed by atoms with E-state index in [1.807, 2.05) is 9.97 Å². The van der Waals surface area contributed by atoms with Crippen molar-refractivity contribution < 1.29 is 9.90 Å². The summed E-state index contributed by atoms with van der Waals surface area (Å²) in [5.41, 5.74) is 8.82. The van der Waals surface area contributed by atoms with E-state index < -0.39 is 22.9 Å². The van der Waals surface area contributed by atoms with Crippen molar-refractivity contribution >= 4 is 17.5 Å². The van der Waals surface area contributed by atoms with E-state index in [-0.39, 0.29) is 0 Å². The molecule has 0 aliphatic carbocycles. The van der Waals surface area contributed by atoms with Crippen molar-refractivity contribution in [2.45, 2.75) is 39.5 Å². The van der Waals surface area contributed by atoms with Crippen LogP contribution in [0.5, 0.6) is 0 Å². The Hall–Kier alpha value is -3.10. The van der Waals surface area contributed by atoms with Crippen molar-refractivity contribution in [3.05, 3.63) is 49.4 Å². The summed E-state index contributed by atoms with van der Waals surface area (Å²) < 4.78 is 0. The summed E-state index contributed by atoms with van der Waals surface area (Å²) in [7, 11) is 2.12. The number of carboxylic acid groups (broad SMARTS) is 1. The molecular weight excluding hydrogens is 350 g/mol. The largest absolute Gasteiger partial charge is 0.477 e. The van der Waals surface area contributed by atoms with Crippen LogP contribution < -0.4 is 21.9 Å². The van der Waals surface area contributed by atoms with Crippen LogP contribution in [0.15, 0.2) is 15.7 Å². The van der Waals surface area contributed by atoms with Crippen LogP contribution >= 0.6 is 0 Å². The predicted molar refractivity (Wildman–Crippen MR) is 104 cm³/mol. The highest BCUT2D eigenvalue weighted by Gasteiger charge is 2.19. The third kappa shape index (κ3) is 4.75. The number of pyridine rings is 1. The second-order valence-corrected chi connectivity index (χ2v) is 6.44. The van der Waals surface area contributed by atoms with Gasteiger partial charge in [-0.25, -0.2) is 14.6 Å². The van der Waals surface area contributed by atoms with Crippen molar-refractivity contribution in [2.75, 3.05) is 24.2 Å². The molecule has 9 heteroatoms. The standard InChI is InChI=1S/C13H21N3.C5H4N2O4/c1-4-11-9(2)12(14)10-7-5-6-8-16(3)13(10)15-11;8-3-1-2(4(9)10)6-5(11)7-3/h4-8H2,1-3H3,(H2,14,15);1H,(H,9,10)(H2,6,7,8,11). The normalized spacial score (nSPS) is 13.2. The van der Waals surface area contributed by atoms with E-state index in [1.54, 1.807) is 0 Å². The number of aromatic nitrogens is 3. The zero-order chi connectivity index (χ0) is 20.1. The van der Waals surface area contributed by atoms with Gasteiger partial charge in [-0.2, -0.15) is 0 Å². The van der Waals surface area contributed by atoms with Crippen LogP contribution in [0.25, 0.3) is 0 Å². The van der Waals surface area contributed by atoms with Gasteiger partial charge in [0.15, 0.2) is 0 Å². The number of fused-ring (bicyclic) bond motifs is 1. The molecule has 0 saturated carbocycles. The van der Waals surface area contributed by atoms with Crippen LogP contribution in [0.4, 0.5) is 11.5 Å². The first-order valence-electron chi connectivity index (χ1n) is 8.80. The van der Waals surface area contributed by atoms with Crippen LogP contribution in [0.1, 0.15) is 47.1 Å². The van der Waals surface area contributed by atoms with Gasteiger partial charge < -0.3 is 20.7 Å². The number of aromatic amines is 2. The smallest absolute Gasteiger partial charge is 0.352 e. The monoisotopic (exact) mass is 375 g/mol. The van der Waals surface area contributed by atoms with Gasteiger partial charge in [-0.3, -0.25) is 9.78 Å². The summed E-state index contributed by atoms with van der Waals surface area (Å²) in [4.78, 5) is 41.9. The van der Waals surface area contributed by atoms with E-state index in [1.165, 1.54) is 24.0 Å². The molecule has 0 amide bonds. The van der Waals surface area contributed by atoms with Gasteiger partial charge in [0, 0.05) is 36.6 Å². The Morgan fingerprint density at radius 2 is 2.04 bits per heavy atom. The van der Waals surface area contributed by atoms with E-state index >= 15 is 0 Å². The van der Waals surface area contributed by atoms with Crippen LogP contribution in [0.3, 0.4) is 0 Å². The SMILES string of the molecule is CCc1nc2c(c(N)c1C)CCCCN2C.O=C(O)c1cc(=O)[nH]c(=O)[nH]1. The molecule has 27 heavy (non-hydrogen) atoms. The molecule has 2 aromatic heterocycles. The number of aromatic carboxylic acids is 1. The van der Waals surface area contributed by atoms with E-state index in [4.69, 9.17) is 15.8 Å². The second-order valence-electron chi connectivity index (χ2n) is 6.44. The predicted octanol–water partition coefficient (Wildman–Crippen LogP) is 1.07. The van der Waals surface area contributed by atoms with Crippen LogP contribution in [-0.4, -0.2) is 39.6 Å². The molecule has 0 bridgehead atoms. The lowest BCUT2D eigenvalue weighted by atomic mass is 10.0. The summed E-state index contributed by atoms with van der Waals surface area (Å²) in [5.74, 6) is -0.231. The number of nitrogens with zero attached hydrogens (tertiary/aromatic N) is 2. The van der Waals surface area contributed by atoms with E-state index in [0.717, 1.165) is 42.7 Å². The molecule has 3 heterocycles. The highest BCUT2D eigenvalue weighted by molar-refractivity contribution is 5.84. The first kappa shape index (κ1) is 20.2. The van der Waals surface area contributed by atoms with Gasteiger partial charge in [0.25, 0.3) is 5.56 Å². The molecule has 9 nitrogen and oxygen atoms in total. The molecule has 0 fully saturated rings. The topological polar surface area (TPSA) is 145 Å². The molecule has 5 N–H and O–H groups in total. The molecular formula is C18H25N5O4. The highest BCUT2D eigenvalue weighted by atomic mass is 16.4. The third-order valence-electron chi connectivity index (χ3n) is 4.53. The maximum atomic E-state index is 10.5. The number of nitrogen functional groups attached to an aromatic ring is 1. The number of nitrogens with two attached hydrogens (primary N) is 1. The number of anilines is 2. The molecule has 0 atom stereocenters. The summed E-state index contributed by atoms with van der Waals surface area (Å²) in [6.45, 7) is 5.32. The van der Waals surface area contributed by atoms with Gasteiger partial charge >= 0.3 is 11.7 Å². The minimum Gasteiger partial charge on any atom is -0.477 e. The number of hydrogen-bond donors (Lipinski definition) is 4. The molecule has 0 spiro atoms. The molecule has 2 aromatic rings. The average Bonchev–Trinajstić information content (AvgIpc) is 2.79. The number of nitrogens with one attached hydrogen (secondary N) is 2. The average molecular weight is 375 g/mol. The Morgan fingerprint density at radius 1 is 1.33 bits per heavy atom. The first-order chi connectivity index (χ1) is 12.7. The zero-order valence-electron chi connectivity index (χ0n) is 15.8. The fraction of sp³-hybridized carbons (Fsp3) is 0.444. The molecule has 3 rings (SSSR count). The summed E-state index contributed by atoms with van der Waals surface area (Å²) in [5, 5.41) is 8.31. The number of rotatable bonds is 2. The third-order valence-corrected chi connectivity index (χ3v) is 4.53. The van der Waals surface area contributed by atoms with Gasteiger partial charge in [0.2, 0.25) is 0 Å². The number of aryl methyl sites for hydroxylation is 1. The quantitative estimate of drug-likeness (QED) is 0.614. The molecule has 0 saturated heterocycles. The Bertz CT molecular complexity index is 919. The number of hydrogen-bond acceptors (Lipinski definition) is 6. The van der Waals surface area contributed by atoms with Crippen molar-refractivity contribution in [2.24, 2.45) is 0 Å². The van der Waals surface area contributed by atoms with Crippen molar-refractivity contribution in [3.63, 3.8) is 0 Å². The van der Waals surface area contributed by atoms with Gasteiger partial charge in [-0.15, -0.1) is 0 Å². The maximum absolute atomic E-state index is 10.5. The maximum Gasteiger partial charge on any atom is 0.352 e. The number of H-pyrrole nitrogens is 2. The number of carboxylic acids is 1. The van der Waals surface area contributed by atoms with E-state index in [0.29, 0.717) is 0 Å². The van der Waals surface area contributed by atoms with Gasteiger partial charge in [0.1, 0.15) is 11.5 Å². The zero-order valence-corrected chi connectivity index (χ0v) is 15.8. The molecule has 1 aliphatic rings. The fourth-order valence-electron chi connectivity index (χ4n) is 3.03. The van der Waals surface area contributed by atoms with E-state index in [2.05, 4.69) is 25.8 Å². The Labute approximate surface area is 156 Å². The van der Waals surface area contributed by atoms with Crippen molar-refractivity contribution in [1.82, 2.24) is 15.0 Å². The second kappa shape index (κ2) is 8.52. The van der Waals surface area contributed by atoms with Gasteiger partial charge in [-0.05, 0) is 38.2 Å². The molecule has 0 radical (unpaired) electrons. The highest BCUT2D eigenvalue weighted by Crippen LogP contribution is 2.31. The molecule has 0 unspecified atom stereocenters. The first-order valence-corrected chi connectivity index (χ1v) is 8.80. The fourth-order valence-corrected chi connectivity index (χ4v) is 3.03. The van der Waals surface area contributed by atoms with Crippen LogP contribution in [0, 0.1) is 6.92 Å². The Kier molecular flexibility index (Phi) is 6.38. The summed E-state index contributed by atoms with van der Waals surface area (Å²) in [6.07, 6.45) is 4.47. The summed E-state index contributed by atoms with van der Waals surface area (Å²) >= 11 is 0. The van der Waals surface area contributed by atoms with Crippen LogP contribution in [0.2, 0.25) is 0 Å². The number of carbonyl (C=O) groups is 1. The minimum absolute atomic E-state index is 0.418. The van der Waals surface area contributed by atoms with Crippen molar-refractivity contribution in [1.29, 1.82) is 0 Å². The van der Waals surface area contributed by atoms with Gasteiger partial charge in [-0.1, -0.05) is 6.92 Å². The van der Waals surface area contributed by atoms with E-state index in [9.17, 15) is 14.4 Å². The lowest BCUT2D eigenvalue weighted by Gasteiger charge is -2.21. The Balaban J connectivity index is 0.000000208. The molecule has 1 aliphatic heterocycles.